The van der Waals surface area contributed by atoms with Crippen molar-refractivity contribution in [3.05, 3.63) is 48.0 Å². The summed E-state index contributed by atoms with van der Waals surface area (Å²) in [7, 11) is 0. The predicted molar refractivity (Wildman–Crippen MR) is 124 cm³/mol. The van der Waals surface area contributed by atoms with Crippen molar-refractivity contribution in [2.45, 2.75) is 38.8 Å². The largest absolute Gasteiger partial charge is 0.341 e. The molecule has 152 valence electrons. The Hall–Kier alpha value is -1.26. The number of halogens is 2. The molecule has 3 aromatic rings. The second kappa shape index (κ2) is 9.04. The van der Waals surface area contributed by atoms with Gasteiger partial charge in [-0.2, -0.15) is 0 Å². The zero-order valence-corrected chi connectivity index (χ0v) is 18.2. The standard InChI is InChI=1S/C23H29N3.2ClH/c1-2-26-21-6-4-3-5-19(21)20-16-18(9-10-22(20)26)23(15-17-7-8-17)25-13-11-24-12-14-25;;/h3-6,9-10,16-17,23-24H,2,7-8,11-15H2,1H3;2*1H/t23-;;/m0../s1. The van der Waals surface area contributed by atoms with Gasteiger partial charge in [0.1, 0.15) is 0 Å². The molecule has 0 bridgehead atoms. The zero-order chi connectivity index (χ0) is 17.5. The van der Waals surface area contributed by atoms with Gasteiger partial charge in [-0.3, -0.25) is 4.90 Å². The number of aryl methyl sites for hydroxylation is 1. The molecule has 5 heteroatoms. The molecule has 1 aliphatic heterocycles. The first-order valence-electron chi connectivity index (χ1n) is 10.3. The first kappa shape index (κ1) is 21.4. The highest BCUT2D eigenvalue weighted by Gasteiger charge is 2.30. The maximum Gasteiger partial charge on any atom is 0.0491 e. The molecule has 2 heterocycles. The molecule has 1 N–H and O–H groups in total. The molecule has 0 spiro atoms. The van der Waals surface area contributed by atoms with Gasteiger partial charge in [0.05, 0.1) is 0 Å². The molecule has 2 fully saturated rings. The van der Waals surface area contributed by atoms with Crippen molar-refractivity contribution < 1.29 is 0 Å². The highest BCUT2D eigenvalue weighted by molar-refractivity contribution is 6.08. The van der Waals surface area contributed by atoms with Crippen LogP contribution in [0.2, 0.25) is 0 Å². The fraction of sp³-hybridized carbons (Fsp3) is 0.478. The van der Waals surface area contributed by atoms with Crippen LogP contribution in [-0.2, 0) is 6.54 Å². The van der Waals surface area contributed by atoms with E-state index in [1.54, 1.807) is 0 Å². The predicted octanol–water partition coefficient (Wildman–Crippen LogP) is 5.40. The Balaban J connectivity index is 0.00000112. The molecule has 0 amide bonds. The third-order valence-corrected chi connectivity index (χ3v) is 6.34. The molecule has 1 atom stereocenters. The van der Waals surface area contributed by atoms with E-state index >= 15 is 0 Å². The average Bonchev–Trinajstić information content (AvgIpc) is 3.47. The molecule has 0 unspecified atom stereocenters. The number of nitrogens with one attached hydrogen (secondary N) is 1. The van der Waals surface area contributed by atoms with E-state index in [1.807, 2.05) is 0 Å². The zero-order valence-electron chi connectivity index (χ0n) is 16.6. The second-order valence-corrected chi connectivity index (χ2v) is 8.02. The van der Waals surface area contributed by atoms with E-state index < -0.39 is 0 Å². The first-order chi connectivity index (χ1) is 12.8. The summed E-state index contributed by atoms with van der Waals surface area (Å²) in [6, 6.07) is 16.7. The molecule has 28 heavy (non-hydrogen) atoms. The monoisotopic (exact) mass is 419 g/mol. The van der Waals surface area contributed by atoms with Crippen LogP contribution in [0.1, 0.15) is 37.8 Å². The number of benzene rings is 2. The summed E-state index contributed by atoms with van der Waals surface area (Å²) in [5.41, 5.74) is 4.26. The summed E-state index contributed by atoms with van der Waals surface area (Å²) in [6.45, 7) is 7.86. The topological polar surface area (TPSA) is 20.2 Å². The molecule has 1 aliphatic carbocycles. The fourth-order valence-corrected chi connectivity index (χ4v) is 4.78. The van der Waals surface area contributed by atoms with Gasteiger partial charge in [-0.05, 0) is 43.0 Å². The summed E-state index contributed by atoms with van der Waals surface area (Å²) < 4.78 is 2.45. The van der Waals surface area contributed by atoms with E-state index in [0.29, 0.717) is 6.04 Å². The highest BCUT2D eigenvalue weighted by atomic mass is 35.5. The number of fused-ring (bicyclic) bond motifs is 3. The third-order valence-electron chi connectivity index (χ3n) is 6.34. The smallest absolute Gasteiger partial charge is 0.0491 e. The number of aromatic nitrogens is 1. The van der Waals surface area contributed by atoms with Gasteiger partial charge < -0.3 is 9.88 Å². The summed E-state index contributed by atoms with van der Waals surface area (Å²) in [5, 5.41) is 6.34. The van der Waals surface area contributed by atoms with Gasteiger partial charge >= 0.3 is 0 Å². The number of nitrogens with zero attached hydrogens (tertiary/aromatic N) is 2. The Morgan fingerprint density at radius 1 is 0.964 bits per heavy atom. The molecular formula is C23H31Cl2N3. The lowest BCUT2D eigenvalue weighted by molar-refractivity contribution is 0.160. The molecule has 1 aromatic heterocycles. The number of para-hydroxylation sites is 1. The van der Waals surface area contributed by atoms with Crippen molar-refractivity contribution >= 4 is 46.6 Å². The van der Waals surface area contributed by atoms with Gasteiger partial charge in [0.25, 0.3) is 0 Å². The molecule has 1 saturated heterocycles. The minimum absolute atomic E-state index is 0. The van der Waals surface area contributed by atoms with E-state index in [9.17, 15) is 0 Å². The Morgan fingerprint density at radius 3 is 2.39 bits per heavy atom. The summed E-state index contributed by atoms with van der Waals surface area (Å²) in [5.74, 6) is 0.947. The Labute approximate surface area is 180 Å². The maximum atomic E-state index is 3.51. The van der Waals surface area contributed by atoms with Crippen LogP contribution in [0.5, 0.6) is 0 Å². The van der Waals surface area contributed by atoms with Crippen molar-refractivity contribution in [3.8, 4) is 0 Å². The Bertz CT molecular complexity index is 926. The van der Waals surface area contributed by atoms with E-state index in [-0.39, 0.29) is 24.8 Å². The van der Waals surface area contributed by atoms with Crippen LogP contribution < -0.4 is 5.32 Å². The maximum absolute atomic E-state index is 3.51. The van der Waals surface area contributed by atoms with Gasteiger partial charge in [-0.1, -0.05) is 37.1 Å². The quantitative estimate of drug-likeness (QED) is 0.596. The van der Waals surface area contributed by atoms with Gasteiger partial charge in [0, 0.05) is 60.6 Å². The fourth-order valence-electron chi connectivity index (χ4n) is 4.78. The molecule has 3 nitrogen and oxygen atoms in total. The van der Waals surface area contributed by atoms with Crippen molar-refractivity contribution in [2.24, 2.45) is 5.92 Å². The molecule has 5 rings (SSSR count). The van der Waals surface area contributed by atoms with Crippen LogP contribution in [0.4, 0.5) is 0 Å². The summed E-state index contributed by atoms with van der Waals surface area (Å²) in [6.07, 6.45) is 4.19. The highest BCUT2D eigenvalue weighted by Crippen LogP contribution is 2.41. The Morgan fingerprint density at radius 2 is 1.68 bits per heavy atom. The Kier molecular flexibility index (Phi) is 6.93. The molecule has 2 aromatic carbocycles. The molecule has 2 aliphatic rings. The van der Waals surface area contributed by atoms with E-state index in [1.165, 1.54) is 59.7 Å². The van der Waals surface area contributed by atoms with E-state index in [0.717, 1.165) is 25.6 Å². The lowest BCUT2D eigenvalue weighted by atomic mass is 9.97. The van der Waals surface area contributed by atoms with E-state index in [4.69, 9.17) is 0 Å². The van der Waals surface area contributed by atoms with Gasteiger partial charge in [-0.15, -0.1) is 24.8 Å². The molecule has 1 saturated carbocycles. The number of piperazine rings is 1. The van der Waals surface area contributed by atoms with Crippen LogP contribution in [-0.4, -0.2) is 35.6 Å². The third kappa shape index (κ3) is 3.91. The van der Waals surface area contributed by atoms with Gasteiger partial charge in [0.15, 0.2) is 0 Å². The second-order valence-electron chi connectivity index (χ2n) is 8.02. The van der Waals surface area contributed by atoms with Crippen molar-refractivity contribution in [3.63, 3.8) is 0 Å². The molecular weight excluding hydrogens is 389 g/mol. The number of hydrogen-bond donors (Lipinski definition) is 1. The first-order valence-corrected chi connectivity index (χ1v) is 10.3. The van der Waals surface area contributed by atoms with Crippen molar-refractivity contribution in [1.29, 1.82) is 0 Å². The van der Waals surface area contributed by atoms with Crippen LogP contribution in [0.15, 0.2) is 42.5 Å². The van der Waals surface area contributed by atoms with Crippen LogP contribution in [0, 0.1) is 5.92 Å². The lowest BCUT2D eigenvalue weighted by Crippen LogP contribution is -2.45. The SMILES string of the molecule is CCn1c2ccccc2c2cc([C@H](CC3CC3)N3CCNCC3)ccc21.Cl.Cl. The van der Waals surface area contributed by atoms with Crippen LogP contribution >= 0.6 is 24.8 Å². The van der Waals surface area contributed by atoms with Crippen LogP contribution in [0.3, 0.4) is 0 Å². The minimum atomic E-state index is 0. The van der Waals surface area contributed by atoms with E-state index in [2.05, 4.69) is 64.2 Å². The van der Waals surface area contributed by atoms with Gasteiger partial charge in [-0.25, -0.2) is 0 Å². The summed E-state index contributed by atoms with van der Waals surface area (Å²) >= 11 is 0. The average molecular weight is 420 g/mol. The number of rotatable bonds is 5. The lowest BCUT2D eigenvalue weighted by Gasteiger charge is -2.35. The van der Waals surface area contributed by atoms with Crippen molar-refractivity contribution in [1.82, 2.24) is 14.8 Å². The normalized spacial score (nSPS) is 18.6. The summed E-state index contributed by atoms with van der Waals surface area (Å²) in [4.78, 5) is 2.72. The number of hydrogen-bond acceptors (Lipinski definition) is 2. The molecule has 0 radical (unpaired) electrons. The van der Waals surface area contributed by atoms with Crippen LogP contribution in [0.25, 0.3) is 21.8 Å². The van der Waals surface area contributed by atoms with Crippen molar-refractivity contribution in [2.75, 3.05) is 26.2 Å². The minimum Gasteiger partial charge on any atom is -0.341 e. The van der Waals surface area contributed by atoms with Gasteiger partial charge in [0.2, 0.25) is 0 Å².